The molecule has 0 saturated carbocycles. The van der Waals surface area contributed by atoms with Crippen molar-refractivity contribution in [3.8, 4) is 11.5 Å². The van der Waals surface area contributed by atoms with Crippen LogP contribution in [0.5, 0.6) is 11.5 Å². The maximum absolute atomic E-state index is 12.4. The Balaban J connectivity index is 2.29. The number of rotatable bonds is 8. The highest BCUT2D eigenvalue weighted by Crippen LogP contribution is 2.31. The number of nitro groups is 2. The number of hydrogen-bond acceptors (Lipinski definition) is 7. The van der Waals surface area contributed by atoms with E-state index in [0.29, 0.717) is 12.4 Å². The summed E-state index contributed by atoms with van der Waals surface area (Å²) in [6.45, 7) is 2.31. The maximum Gasteiger partial charge on any atom is 0.310 e. The van der Waals surface area contributed by atoms with Crippen molar-refractivity contribution in [3.05, 3.63) is 62.2 Å². The number of benzene rings is 2. The third kappa shape index (κ3) is 4.69. The summed E-state index contributed by atoms with van der Waals surface area (Å²) in [4.78, 5) is 33.3. The molecule has 0 unspecified atom stereocenters. The molecule has 1 N–H and O–H groups in total. The van der Waals surface area contributed by atoms with Crippen molar-refractivity contribution in [3.63, 3.8) is 0 Å². The summed E-state index contributed by atoms with van der Waals surface area (Å²) < 4.78 is 10.3. The van der Waals surface area contributed by atoms with Gasteiger partial charge in [0.15, 0.2) is 5.75 Å². The molecular weight excluding hydrogens is 358 g/mol. The van der Waals surface area contributed by atoms with Crippen molar-refractivity contribution in [2.24, 2.45) is 0 Å². The highest BCUT2D eigenvalue weighted by Gasteiger charge is 2.21. The fraction of sp³-hybridized carbons (Fsp3) is 0.235. The Kier molecular flexibility index (Phi) is 6.26. The van der Waals surface area contributed by atoms with Gasteiger partial charge in [0.1, 0.15) is 11.4 Å². The number of nitro benzene ring substituents is 2. The summed E-state index contributed by atoms with van der Waals surface area (Å²) in [6, 6.07) is 7.66. The van der Waals surface area contributed by atoms with Gasteiger partial charge in [0.25, 0.3) is 11.6 Å². The third-order valence-electron chi connectivity index (χ3n) is 3.53. The number of amides is 1. The topological polar surface area (TPSA) is 134 Å². The van der Waals surface area contributed by atoms with Gasteiger partial charge in [0.05, 0.1) is 29.6 Å². The number of hydrogen-bond donors (Lipinski definition) is 1. The van der Waals surface area contributed by atoms with Gasteiger partial charge in [-0.15, -0.1) is 0 Å². The molecule has 2 aromatic rings. The molecular formula is C17H17N3O7. The first-order valence-corrected chi connectivity index (χ1v) is 7.92. The molecule has 10 nitrogen and oxygen atoms in total. The molecule has 2 rings (SSSR count). The predicted octanol–water partition coefficient (Wildman–Crippen LogP) is 3.55. The quantitative estimate of drug-likeness (QED) is 0.550. The van der Waals surface area contributed by atoms with E-state index in [1.807, 2.05) is 6.92 Å². The normalized spacial score (nSPS) is 10.1. The summed E-state index contributed by atoms with van der Waals surface area (Å²) in [7, 11) is 1.24. The molecule has 0 radical (unpaired) electrons. The van der Waals surface area contributed by atoms with Crippen LogP contribution in [-0.2, 0) is 0 Å². The largest absolute Gasteiger partial charge is 0.493 e. The van der Waals surface area contributed by atoms with Gasteiger partial charge in [-0.25, -0.2) is 0 Å². The van der Waals surface area contributed by atoms with Crippen LogP contribution in [0.1, 0.15) is 23.7 Å². The van der Waals surface area contributed by atoms with Gasteiger partial charge in [-0.05, 0) is 24.6 Å². The van der Waals surface area contributed by atoms with Crippen molar-refractivity contribution >= 4 is 23.0 Å². The molecule has 2 aromatic carbocycles. The minimum absolute atomic E-state index is 0.0221. The number of carbonyl (C=O) groups is 1. The lowest BCUT2D eigenvalue weighted by Gasteiger charge is -2.09. The molecule has 0 heterocycles. The molecule has 1 amide bonds. The van der Waals surface area contributed by atoms with E-state index < -0.39 is 15.8 Å². The fourth-order valence-corrected chi connectivity index (χ4v) is 2.24. The zero-order valence-corrected chi connectivity index (χ0v) is 14.6. The summed E-state index contributed by atoms with van der Waals surface area (Å²) in [5.74, 6) is -0.447. The van der Waals surface area contributed by atoms with E-state index in [9.17, 15) is 25.0 Å². The van der Waals surface area contributed by atoms with Gasteiger partial charge in [-0.2, -0.15) is 0 Å². The molecule has 0 aliphatic rings. The number of anilines is 1. The number of nitrogens with zero attached hydrogens (tertiary/aromatic N) is 2. The van der Waals surface area contributed by atoms with E-state index >= 15 is 0 Å². The second-order valence-electron chi connectivity index (χ2n) is 5.38. The number of nitrogens with one attached hydrogen (secondary N) is 1. The first kappa shape index (κ1) is 19.6. The maximum atomic E-state index is 12.4. The monoisotopic (exact) mass is 375 g/mol. The van der Waals surface area contributed by atoms with Crippen LogP contribution >= 0.6 is 0 Å². The third-order valence-corrected chi connectivity index (χ3v) is 3.53. The van der Waals surface area contributed by atoms with E-state index in [2.05, 4.69) is 5.32 Å². The van der Waals surface area contributed by atoms with Gasteiger partial charge < -0.3 is 14.8 Å². The Morgan fingerprint density at radius 1 is 1.07 bits per heavy atom. The van der Waals surface area contributed by atoms with Crippen LogP contribution in [0, 0.1) is 20.2 Å². The van der Waals surface area contributed by atoms with Gasteiger partial charge >= 0.3 is 5.69 Å². The lowest BCUT2D eigenvalue weighted by atomic mass is 10.1. The molecule has 0 fully saturated rings. The predicted molar refractivity (Wildman–Crippen MR) is 96.5 cm³/mol. The molecule has 0 spiro atoms. The van der Waals surface area contributed by atoms with E-state index in [-0.39, 0.29) is 28.4 Å². The first-order chi connectivity index (χ1) is 12.9. The van der Waals surface area contributed by atoms with Gasteiger partial charge in [0.2, 0.25) is 0 Å². The Bertz CT molecular complexity index is 883. The van der Waals surface area contributed by atoms with Gasteiger partial charge in [-0.1, -0.05) is 6.92 Å². The van der Waals surface area contributed by atoms with E-state index in [4.69, 9.17) is 9.47 Å². The summed E-state index contributed by atoms with van der Waals surface area (Å²) in [5, 5.41) is 24.6. The second-order valence-corrected chi connectivity index (χ2v) is 5.38. The Morgan fingerprint density at radius 3 is 2.37 bits per heavy atom. The molecule has 10 heteroatoms. The molecule has 0 atom stereocenters. The zero-order valence-electron chi connectivity index (χ0n) is 14.6. The van der Waals surface area contributed by atoms with Crippen LogP contribution in [0.25, 0.3) is 0 Å². The van der Waals surface area contributed by atoms with Crippen molar-refractivity contribution < 1.29 is 24.1 Å². The lowest BCUT2D eigenvalue weighted by molar-refractivity contribution is -0.385. The average molecular weight is 375 g/mol. The second kappa shape index (κ2) is 8.61. The van der Waals surface area contributed by atoms with Crippen LogP contribution in [0.4, 0.5) is 17.1 Å². The van der Waals surface area contributed by atoms with Crippen molar-refractivity contribution in [2.75, 3.05) is 19.0 Å². The smallest absolute Gasteiger partial charge is 0.310 e. The molecule has 0 aromatic heterocycles. The van der Waals surface area contributed by atoms with Crippen LogP contribution in [0.15, 0.2) is 36.4 Å². The fourth-order valence-electron chi connectivity index (χ4n) is 2.24. The SMILES string of the molecule is CCCOc1ccc(NC(=O)c2ccc([N+](=O)[O-])c(OC)c2)c([N+](=O)[O-])c1. The van der Waals surface area contributed by atoms with Crippen LogP contribution in [-0.4, -0.2) is 29.5 Å². The zero-order chi connectivity index (χ0) is 20.0. The molecule has 0 saturated heterocycles. The minimum atomic E-state index is -0.673. The summed E-state index contributed by atoms with van der Waals surface area (Å²) in [6.07, 6.45) is 0.744. The summed E-state index contributed by atoms with van der Waals surface area (Å²) >= 11 is 0. The van der Waals surface area contributed by atoms with E-state index in [1.165, 1.54) is 37.4 Å². The van der Waals surface area contributed by atoms with Gasteiger partial charge in [-0.3, -0.25) is 25.0 Å². The molecule has 0 aliphatic heterocycles. The molecule has 27 heavy (non-hydrogen) atoms. The van der Waals surface area contributed by atoms with Crippen LogP contribution in [0.3, 0.4) is 0 Å². The first-order valence-electron chi connectivity index (χ1n) is 7.92. The summed E-state index contributed by atoms with van der Waals surface area (Å²) in [5.41, 5.74) is -0.590. The molecule has 142 valence electrons. The molecule has 0 aliphatic carbocycles. The van der Waals surface area contributed by atoms with E-state index in [1.54, 1.807) is 0 Å². The number of methoxy groups -OCH3 is 1. The number of ether oxygens (including phenoxy) is 2. The highest BCUT2D eigenvalue weighted by molar-refractivity contribution is 6.06. The Morgan fingerprint density at radius 2 is 1.78 bits per heavy atom. The van der Waals surface area contributed by atoms with E-state index in [0.717, 1.165) is 12.5 Å². The molecule has 0 bridgehead atoms. The standard InChI is InChI=1S/C17H17N3O7/c1-3-8-27-12-5-6-13(15(10-12)20(24)25)18-17(21)11-4-7-14(19(22)23)16(9-11)26-2/h4-7,9-10H,3,8H2,1-2H3,(H,18,21). The Hall–Kier alpha value is -3.69. The van der Waals surface area contributed by atoms with Crippen LogP contribution < -0.4 is 14.8 Å². The lowest BCUT2D eigenvalue weighted by Crippen LogP contribution is -2.13. The van der Waals surface area contributed by atoms with Crippen LogP contribution in [0.2, 0.25) is 0 Å². The number of carbonyl (C=O) groups excluding carboxylic acids is 1. The highest BCUT2D eigenvalue weighted by atomic mass is 16.6. The average Bonchev–Trinajstić information content (AvgIpc) is 2.66. The minimum Gasteiger partial charge on any atom is -0.493 e. The van der Waals surface area contributed by atoms with Crippen molar-refractivity contribution in [2.45, 2.75) is 13.3 Å². The van der Waals surface area contributed by atoms with Crippen molar-refractivity contribution in [1.82, 2.24) is 0 Å². The Labute approximate surface area is 154 Å². The van der Waals surface area contributed by atoms with Gasteiger partial charge in [0, 0.05) is 17.7 Å². The van der Waals surface area contributed by atoms with Crippen molar-refractivity contribution in [1.29, 1.82) is 0 Å².